The molecular weight excluding hydrogens is 260 g/mol. The van der Waals surface area contributed by atoms with Gasteiger partial charge >= 0.3 is 0 Å². The van der Waals surface area contributed by atoms with Gasteiger partial charge in [-0.05, 0) is 85.1 Å². The average molecular weight is 292 g/mol. The summed E-state index contributed by atoms with van der Waals surface area (Å²) in [5.41, 5.74) is -0.348. The molecule has 0 spiro atoms. The number of hydrogen-bond donors (Lipinski definition) is 1. The second-order valence-electron chi connectivity index (χ2n) is 7.19. The highest BCUT2D eigenvalue weighted by Gasteiger charge is 2.33. The molecule has 0 aromatic rings. The largest absolute Gasteiger partial charge is 0.303 e. The summed E-state index contributed by atoms with van der Waals surface area (Å²) in [5, 5.41) is 12.3. The predicted octanol–water partition coefficient (Wildman–Crippen LogP) is 2.07. The normalized spacial score (nSPS) is 30.4. The number of likely N-dealkylation sites (tertiary alicyclic amines) is 2. The van der Waals surface area contributed by atoms with Crippen molar-refractivity contribution in [3.8, 4) is 6.07 Å². The minimum absolute atomic E-state index is 0.348. The van der Waals surface area contributed by atoms with Gasteiger partial charge in [-0.1, -0.05) is 0 Å². The van der Waals surface area contributed by atoms with Crippen molar-refractivity contribution in [2.24, 2.45) is 5.92 Å². The monoisotopic (exact) mass is 292 g/mol. The van der Waals surface area contributed by atoms with Crippen LogP contribution >= 0.6 is 0 Å². The molecule has 0 aromatic heterocycles. The summed E-state index contributed by atoms with van der Waals surface area (Å²) >= 11 is 0. The van der Waals surface area contributed by atoms with Crippen LogP contribution in [0, 0.1) is 17.2 Å². The Morgan fingerprint density at radius 3 is 2.81 bits per heavy atom. The Balaban J connectivity index is 1.67. The van der Waals surface area contributed by atoms with E-state index >= 15 is 0 Å². The summed E-state index contributed by atoms with van der Waals surface area (Å²) < 4.78 is 0. The molecule has 2 aliphatic rings. The van der Waals surface area contributed by atoms with Crippen molar-refractivity contribution in [3.05, 3.63) is 0 Å². The van der Waals surface area contributed by atoms with Crippen molar-refractivity contribution in [2.75, 3.05) is 40.3 Å². The molecule has 2 rings (SSSR count). The molecule has 2 saturated heterocycles. The van der Waals surface area contributed by atoms with Gasteiger partial charge in [0.2, 0.25) is 0 Å². The highest BCUT2D eigenvalue weighted by molar-refractivity contribution is 5.02. The van der Waals surface area contributed by atoms with Gasteiger partial charge in [0.15, 0.2) is 0 Å². The lowest BCUT2D eigenvalue weighted by atomic mass is 9.84. The number of nitriles is 1. The van der Waals surface area contributed by atoms with Crippen LogP contribution in [0.1, 0.15) is 45.4 Å². The molecule has 2 fully saturated rings. The van der Waals surface area contributed by atoms with Crippen molar-refractivity contribution in [3.63, 3.8) is 0 Å². The lowest BCUT2D eigenvalue weighted by molar-refractivity contribution is 0.0379. The lowest BCUT2D eigenvalue weighted by Crippen LogP contribution is -2.52. The minimum atomic E-state index is -0.348. The van der Waals surface area contributed by atoms with Crippen LogP contribution in [0.15, 0.2) is 0 Å². The molecule has 0 saturated carbocycles. The van der Waals surface area contributed by atoms with Gasteiger partial charge in [0, 0.05) is 12.6 Å². The van der Waals surface area contributed by atoms with Gasteiger partial charge in [-0.2, -0.15) is 5.26 Å². The molecule has 2 aliphatic heterocycles. The maximum absolute atomic E-state index is 9.16. The van der Waals surface area contributed by atoms with E-state index in [1.807, 2.05) is 14.0 Å². The van der Waals surface area contributed by atoms with Crippen LogP contribution in [0.4, 0.5) is 0 Å². The van der Waals surface area contributed by atoms with E-state index in [9.17, 15) is 0 Å². The van der Waals surface area contributed by atoms with Gasteiger partial charge in [0.25, 0.3) is 0 Å². The highest BCUT2D eigenvalue weighted by Crippen LogP contribution is 2.29. The van der Waals surface area contributed by atoms with Crippen LogP contribution in [0.3, 0.4) is 0 Å². The number of rotatable bonds is 6. The summed E-state index contributed by atoms with van der Waals surface area (Å²) in [6, 6.07) is 3.21. The van der Waals surface area contributed by atoms with Crippen molar-refractivity contribution < 1.29 is 0 Å². The van der Waals surface area contributed by atoms with Gasteiger partial charge < -0.3 is 15.1 Å². The first-order chi connectivity index (χ1) is 10.1. The van der Waals surface area contributed by atoms with E-state index < -0.39 is 0 Å². The van der Waals surface area contributed by atoms with Crippen molar-refractivity contribution in [1.82, 2.24) is 15.1 Å². The van der Waals surface area contributed by atoms with Gasteiger partial charge in [0.05, 0.1) is 6.07 Å². The Hall–Kier alpha value is -0.630. The third-order valence-electron chi connectivity index (χ3n) is 5.63. The smallest absolute Gasteiger partial charge is 0.103 e. The molecule has 120 valence electrons. The number of fused-ring (bicyclic) bond motifs is 1. The molecule has 0 aliphatic carbocycles. The Labute approximate surface area is 130 Å². The van der Waals surface area contributed by atoms with E-state index in [2.05, 4.69) is 28.2 Å². The molecule has 21 heavy (non-hydrogen) atoms. The van der Waals surface area contributed by atoms with Gasteiger partial charge in [0.1, 0.15) is 5.54 Å². The van der Waals surface area contributed by atoms with Crippen molar-refractivity contribution in [2.45, 2.75) is 57.0 Å². The second-order valence-corrected chi connectivity index (χ2v) is 7.19. The first-order valence-corrected chi connectivity index (χ1v) is 8.61. The summed E-state index contributed by atoms with van der Waals surface area (Å²) in [7, 11) is 4.18. The standard InChI is InChI=1S/C17H32N4/c1-17(14-18,19-2)9-4-5-11-21-12-8-16-15(13-21)7-6-10-20(16)3/h15-16,19H,4-13H2,1-3H3. The zero-order valence-electron chi connectivity index (χ0n) is 14.1. The van der Waals surface area contributed by atoms with Gasteiger partial charge in [-0.3, -0.25) is 0 Å². The van der Waals surface area contributed by atoms with Gasteiger partial charge in [-0.25, -0.2) is 0 Å². The van der Waals surface area contributed by atoms with Gasteiger partial charge in [-0.15, -0.1) is 0 Å². The molecule has 0 amide bonds. The van der Waals surface area contributed by atoms with Crippen molar-refractivity contribution >= 4 is 0 Å². The van der Waals surface area contributed by atoms with Crippen LogP contribution in [-0.2, 0) is 0 Å². The van der Waals surface area contributed by atoms with Crippen LogP contribution < -0.4 is 5.32 Å². The summed E-state index contributed by atoms with van der Waals surface area (Å²) in [6.45, 7) is 7.04. The summed E-state index contributed by atoms with van der Waals surface area (Å²) in [6.07, 6.45) is 7.42. The first-order valence-electron chi connectivity index (χ1n) is 8.61. The molecule has 3 unspecified atom stereocenters. The second kappa shape index (κ2) is 7.58. The fraction of sp³-hybridized carbons (Fsp3) is 0.941. The molecule has 0 aromatic carbocycles. The predicted molar refractivity (Wildman–Crippen MR) is 87.1 cm³/mol. The summed E-state index contributed by atoms with van der Waals surface area (Å²) in [4.78, 5) is 5.24. The molecule has 0 radical (unpaired) electrons. The lowest BCUT2D eigenvalue weighted by Gasteiger charge is -2.46. The van der Waals surface area contributed by atoms with E-state index in [-0.39, 0.29) is 5.54 Å². The van der Waals surface area contributed by atoms with Crippen LogP contribution in [0.25, 0.3) is 0 Å². The van der Waals surface area contributed by atoms with Crippen LogP contribution in [0.2, 0.25) is 0 Å². The Morgan fingerprint density at radius 2 is 2.10 bits per heavy atom. The fourth-order valence-electron chi connectivity index (χ4n) is 3.98. The third kappa shape index (κ3) is 4.42. The maximum atomic E-state index is 9.16. The van der Waals surface area contributed by atoms with E-state index in [1.165, 1.54) is 51.9 Å². The number of hydrogen-bond acceptors (Lipinski definition) is 4. The zero-order chi connectivity index (χ0) is 15.3. The zero-order valence-corrected chi connectivity index (χ0v) is 14.1. The minimum Gasteiger partial charge on any atom is -0.303 e. The third-order valence-corrected chi connectivity index (χ3v) is 5.63. The molecule has 3 atom stereocenters. The number of unbranched alkanes of at least 4 members (excludes halogenated alkanes) is 1. The molecule has 4 heteroatoms. The Morgan fingerprint density at radius 1 is 1.29 bits per heavy atom. The Bertz CT molecular complexity index is 364. The van der Waals surface area contributed by atoms with Crippen LogP contribution in [0.5, 0.6) is 0 Å². The van der Waals surface area contributed by atoms with E-state index in [1.54, 1.807) is 0 Å². The number of nitrogens with zero attached hydrogens (tertiary/aromatic N) is 3. The van der Waals surface area contributed by atoms with E-state index in [0.717, 1.165) is 24.8 Å². The average Bonchev–Trinajstić information content (AvgIpc) is 2.51. The molecule has 4 nitrogen and oxygen atoms in total. The number of piperidine rings is 2. The topological polar surface area (TPSA) is 42.3 Å². The highest BCUT2D eigenvalue weighted by atomic mass is 15.2. The Kier molecular flexibility index (Phi) is 6.04. The molecule has 0 bridgehead atoms. The molecular formula is C17H32N4. The first kappa shape index (κ1) is 16.7. The SMILES string of the molecule is CNC(C)(C#N)CCCCN1CCC2C(CCCN2C)C1. The molecule has 1 N–H and O–H groups in total. The van der Waals surface area contributed by atoms with Crippen molar-refractivity contribution in [1.29, 1.82) is 5.26 Å². The quantitative estimate of drug-likeness (QED) is 0.761. The summed E-state index contributed by atoms with van der Waals surface area (Å²) in [5.74, 6) is 0.888. The van der Waals surface area contributed by atoms with E-state index in [0.29, 0.717) is 0 Å². The molecule has 2 heterocycles. The van der Waals surface area contributed by atoms with E-state index in [4.69, 9.17) is 5.26 Å². The number of nitrogens with one attached hydrogen (secondary N) is 1. The van der Waals surface area contributed by atoms with Crippen LogP contribution in [-0.4, -0.2) is 61.7 Å². The fourth-order valence-corrected chi connectivity index (χ4v) is 3.98. The maximum Gasteiger partial charge on any atom is 0.103 e.